The topological polar surface area (TPSA) is 59.0 Å². The van der Waals surface area contributed by atoms with Crippen LogP contribution in [0.25, 0.3) is 0 Å². The van der Waals surface area contributed by atoms with Crippen LogP contribution in [0.5, 0.6) is 0 Å². The number of nitrogens with two attached hydrogens (primary N) is 1. The van der Waals surface area contributed by atoms with E-state index in [2.05, 4.69) is 20.8 Å². The van der Waals surface area contributed by atoms with E-state index in [1.54, 1.807) is 0 Å². The predicted octanol–water partition coefficient (Wildman–Crippen LogP) is 2.42. The first kappa shape index (κ1) is 12.3. The van der Waals surface area contributed by atoms with Crippen LogP contribution in [0.4, 0.5) is 0 Å². The van der Waals surface area contributed by atoms with E-state index >= 15 is 0 Å². The summed E-state index contributed by atoms with van der Waals surface area (Å²) >= 11 is 0. The number of ether oxygens (including phenoxy) is 1. The zero-order valence-electron chi connectivity index (χ0n) is 10.0. The summed E-state index contributed by atoms with van der Waals surface area (Å²) < 4.78 is 5.10. The molecule has 0 spiro atoms. The van der Waals surface area contributed by atoms with Gasteiger partial charge in [-0.3, -0.25) is 0 Å². The van der Waals surface area contributed by atoms with E-state index in [1.165, 1.54) is 0 Å². The van der Waals surface area contributed by atoms with Crippen LogP contribution in [0.15, 0.2) is 0 Å². The first-order valence-electron chi connectivity index (χ1n) is 5.66. The Morgan fingerprint density at radius 1 is 1.47 bits per heavy atom. The molecule has 2 unspecified atom stereocenters. The van der Waals surface area contributed by atoms with Crippen molar-refractivity contribution in [3.8, 4) is 6.26 Å². The molecule has 0 bridgehead atoms. The summed E-state index contributed by atoms with van der Waals surface area (Å²) in [5, 5.41) is 8.57. The molecule has 1 fully saturated rings. The standard InChI is InChI=1S/C12H22N2O/c1-11(2)6-10(15-9-14)4-5-12(3,7-11)8-13/h10H,4-8,13H2,1-3H3. The van der Waals surface area contributed by atoms with Gasteiger partial charge in [-0.2, -0.15) is 5.26 Å². The van der Waals surface area contributed by atoms with Crippen LogP contribution in [0.2, 0.25) is 0 Å². The molecule has 0 radical (unpaired) electrons. The third-order valence-electron chi connectivity index (χ3n) is 3.47. The second-order valence-electron chi connectivity index (χ2n) is 5.93. The molecular weight excluding hydrogens is 188 g/mol. The summed E-state index contributed by atoms with van der Waals surface area (Å²) in [7, 11) is 0. The lowest BCUT2D eigenvalue weighted by molar-refractivity contribution is 0.107. The maximum Gasteiger partial charge on any atom is 0.286 e. The van der Waals surface area contributed by atoms with Crippen LogP contribution in [0.3, 0.4) is 0 Å². The van der Waals surface area contributed by atoms with E-state index in [1.807, 2.05) is 6.26 Å². The minimum absolute atomic E-state index is 0.0818. The van der Waals surface area contributed by atoms with Crippen LogP contribution in [-0.4, -0.2) is 12.6 Å². The third-order valence-corrected chi connectivity index (χ3v) is 3.47. The fourth-order valence-corrected chi connectivity index (χ4v) is 2.89. The average molecular weight is 210 g/mol. The SMILES string of the molecule is CC1(C)CC(OC#N)CCC(C)(CN)C1. The molecule has 0 aromatic heterocycles. The zero-order valence-corrected chi connectivity index (χ0v) is 10.0. The molecule has 0 saturated heterocycles. The fraction of sp³-hybridized carbons (Fsp3) is 0.917. The average Bonchev–Trinajstić information content (AvgIpc) is 2.24. The van der Waals surface area contributed by atoms with Crippen LogP contribution in [0.1, 0.15) is 46.5 Å². The van der Waals surface area contributed by atoms with Gasteiger partial charge in [-0.05, 0) is 43.1 Å². The maximum absolute atomic E-state index is 8.57. The van der Waals surface area contributed by atoms with E-state index in [0.717, 1.165) is 32.2 Å². The van der Waals surface area contributed by atoms with Crippen molar-refractivity contribution in [1.29, 1.82) is 5.26 Å². The van der Waals surface area contributed by atoms with Crippen molar-refractivity contribution >= 4 is 0 Å². The first-order chi connectivity index (χ1) is 6.91. The number of rotatable bonds is 2. The summed E-state index contributed by atoms with van der Waals surface area (Å²) in [6.07, 6.45) is 5.97. The number of nitrogens with zero attached hydrogens (tertiary/aromatic N) is 1. The largest absolute Gasteiger partial charge is 0.424 e. The first-order valence-corrected chi connectivity index (χ1v) is 5.66. The quantitative estimate of drug-likeness (QED) is 0.562. The molecule has 1 aliphatic carbocycles. The van der Waals surface area contributed by atoms with Gasteiger partial charge >= 0.3 is 0 Å². The molecule has 1 saturated carbocycles. The van der Waals surface area contributed by atoms with Gasteiger partial charge in [0, 0.05) is 0 Å². The Labute approximate surface area is 92.6 Å². The lowest BCUT2D eigenvalue weighted by atomic mass is 9.73. The molecule has 2 atom stereocenters. The van der Waals surface area contributed by atoms with Crippen molar-refractivity contribution in [2.75, 3.05) is 6.54 Å². The lowest BCUT2D eigenvalue weighted by Crippen LogP contribution is -2.31. The molecular formula is C12H22N2O. The van der Waals surface area contributed by atoms with Gasteiger partial charge in [0.15, 0.2) is 0 Å². The second kappa shape index (κ2) is 4.40. The summed E-state index contributed by atoms with van der Waals surface area (Å²) in [6, 6.07) is 0. The van der Waals surface area contributed by atoms with E-state index in [4.69, 9.17) is 15.7 Å². The van der Waals surface area contributed by atoms with E-state index in [9.17, 15) is 0 Å². The van der Waals surface area contributed by atoms with Gasteiger partial charge in [0.1, 0.15) is 6.10 Å². The Hall–Kier alpha value is -0.750. The normalized spacial score (nSPS) is 35.3. The van der Waals surface area contributed by atoms with E-state index in [-0.39, 0.29) is 16.9 Å². The highest BCUT2D eigenvalue weighted by Gasteiger charge is 2.37. The molecule has 86 valence electrons. The predicted molar refractivity (Wildman–Crippen MR) is 59.9 cm³/mol. The smallest absolute Gasteiger partial charge is 0.286 e. The molecule has 15 heavy (non-hydrogen) atoms. The zero-order chi connectivity index (χ0) is 11.5. The Balaban J connectivity index is 2.74. The van der Waals surface area contributed by atoms with Crippen molar-refractivity contribution in [2.24, 2.45) is 16.6 Å². The highest BCUT2D eigenvalue weighted by molar-refractivity contribution is 4.90. The van der Waals surface area contributed by atoms with Gasteiger partial charge in [-0.1, -0.05) is 20.8 Å². The van der Waals surface area contributed by atoms with Gasteiger partial charge in [0.05, 0.1) is 0 Å². The summed E-state index contributed by atoms with van der Waals surface area (Å²) in [6.45, 7) is 7.43. The van der Waals surface area contributed by atoms with Gasteiger partial charge in [-0.15, -0.1) is 0 Å². The molecule has 1 rings (SSSR count). The van der Waals surface area contributed by atoms with Gasteiger partial charge in [0.25, 0.3) is 6.26 Å². The van der Waals surface area contributed by atoms with E-state index in [0.29, 0.717) is 0 Å². The van der Waals surface area contributed by atoms with Crippen LogP contribution in [0, 0.1) is 22.3 Å². The minimum Gasteiger partial charge on any atom is -0.424 e. The number of nitriles is 1. The van der Waals surface area contributed by atoms with Gasteiger partial charge in [0.2, 0.25) is 0 Å². The van der Waals surface area contributed by atoms with Crippen LogP contribution in [-0.2, 0) is 4.74 Å². The Bertz CT molecular complexity index is 257. The van der Waals surface area contributed by atoms with E-state index < -0.39 is 0 Å². The van der Waals surface area contributed by atoms with Crippen LogP contribution < -0.4 is 5.73 Å². The Kier molecular flexibility index (Phi) is 3.62. The Morgan fingerprint density at radius 3 is 2.67 bits per heavy atom. The molecule has 0 aliphatic heterocycles. The minimum atomic E-state index is 0.0818. The molecule has 2 N–H and O–H groups in total. The highest BCUT2D eigenvalue weighted by atomic mass is 16.5. The fourth-order valence-electron chi connectivity index (χ4n) is 2.89. The summed E-state index contributed by atoms with van der Waals surface area (Å²) in [5.41, 5.74) is 6.26. The Morgan fingerprint density at radius 2 is 2.13 bits per heavy atom. The number of hydrogen-bond donors (Lipinski definition) is 1. The lowest BCUT2D eigenvalue weighted by Gasteiger charge is -2.33. The molecule has 0 aromatic carbocycles. The molecule has 1 aliphatic rings. The summed E-state index contributed by atoms with van der Waals surface area (Å²) in [4.78, 5) is 0. The van der Waals surface area contributed by atoms with Gasteiger partial charge < -0.3 is 10.5 Å². The van der Waals surface area contributed by atoms with Crippen LogP contribution >= 0.6 is 0 Å². The maximum atomic E-state index is 8.57. The highest BCUT2D eigenvalue weighted by Crippen LogP contribution is 2.44. The van der Waals surface area contributed by atoms with Crippen molar-refractivity contribution in [3.05, 3.63) is 0 Å². The summed E-state index contributed by atoms with van der Waals surface area (Å²) in [5.74, 6) is 0. The molecule has 3 heteroatoms. The van der Waals surface area contributed by atoms with Crippen molar-refractivity contribution in [2.45, 2.75) is 52.6 Å². The second-order valence-corrected chi connectivity index (χ2v) is 5.93. The van der Waals surface area contributed by atoms with Gasteiger partial charge in [-0.25, -0.2) is 0 Å². The molecule has 3 nitrogen and oxygen atoms in total. The van der Waals surface area contributed by atoms with Crippen molar-refractivity contribution < 1.29 is 4.74 Å². The monoisotopic (exact) mass is 210 g/mol. The third kappa shape index (κ3) is 3.39. The molecule has 0 aromatic rings. The number of hydrogen-bond acceptors (Lipinski definition) is 3. The van der Waals surface area contributed by atoms with Crippen molar-refractivity contribution in [3.63, 3.8) is 0 Å². The molecule has 0 amide bonds. The molecule has 0 heterocycles. The van der Waals surface area contributed by atoms with Crippen molar-refractivity contribution in [1.82, 2.24) is 0 Å².